The van der Waals surface area contributed by atoms with Gasteiger partial charge in [-0.1, -0.05) is 31.5 Å². The van der Waals surface area contributed by atoms with Crippen LogP contribution in [0.2, 0.25) is 0 Å². The summed E-state index contributed by atoms with van der Waals surface area (Å²) in [5.74, 6) is -0.545. The van der Waals surface area contributed by atoms with Gasteiger partial charge in [0.1, 0.15) is 6.04 Å². The Hall–Kier alpha value is -1.47. The number of hydrogen-bond acceptors (Lipinski definition) is 4. The van der Waals surface area contributed by atoms with Gasteiger partial charge in [0.05, 0.1) is 4.90 Å². The van der Waals surface area contributed by atoms with E-state index in [-0.39, 0.29) is 21.8 Å². The predicted octanol–water partition coefficient (Wildman–Crippen LogP) is 1.43. The maximum absolute atomic E-state index is 12.7. The van der Waals surface area contributed by atoms with E-state index in [2.05, 4.69) is 5.32 Å². The summed E-state index contributed by atoms with van der Waals surface area (Å²) in [6.45, 7) is 5.45. The molecule has 1 amide bonds. The summed E-state index contributed by atoms with van der Waals surface area (Å²) in [5, 5.41) is 2.36. The number of benzene rings is 1. The van der Waals surface area contributed by atoms with Crippen LogP contribution in [0.25, 0.3) is 0 Å². The first kappa shape index (κ1) is 14.9. The van der Waals surface area contributed by atoms with E-state index in [0.29, 0.717) is 0 Å². The monoisotopic (exact) mass is 312 g/mol. The van der Waals surface area contributed by atoms with Crippen molar-refractivity contribution in [1.29, 1.82) is 0 Å². The lowest BCUT2D eigenvalue weighted by atomic mass is 10.1. The molecule has 108 valence electrons. The number of sulfonamides is 1. The maximum atomic E-state index is 12.7. The van der Waals surface area contributed by atoms with Crippen molar-refractivity contribution in [2.24, 2.45) is 5.92 Å². The zero-order valence-electron chi connectivity index (χ0n) is 11.5. The van der Waals surface area contributed by atoms with Crippen LogP contribution in [0.15, 0.2) is 29.2 Å². The molecule has 20 heavy (non-hydrogen) atoms. The maximum Gasteiger partial charge on any atom is 0.266 e. The minimum absolute atomic E-state index is 0.0609. The van der Waals surface area contributed by atoms with Crippen molar-refractivity contribution >= 4 is 33.3 Å². The summed E-state index contributed by atoms with van der Waals surface area (Å²) < 4.78 is 26.3. The van der Waals surface area contributed by atoms with Crippen molar-refractivity contribution < 1.29 is 13.2 Å². The Labute approximate surface area is 124 Å². The standard InChI is InChI=1S/C13H16N2O3S2/c1-8(2)11-12(16)14-13(19)15(11)20(17,18)10-6-4-9(3)5-7-10/h4-8,11H,1-3H3,(H,14,16,19). The van der Waals surface area contributed by atoms with Gasteiger partial charge in [0, 0.05) is 0 Å². The van der Waals surface area contributed by atoms with Crippen molar-refractivity contribution in [2.45, 2.75) is 31.7 Å². The molecule has 1 aromatic carbocycles. The minimum atomic E-state index is -3.82. The van der Waals surface area contributed by atoms with Gasteiger partial charge in [0.2, 0.25) is 5.91 Å². The van der Waals surface area contributed by atoms with Gasteiger partial charge in [0.25, 0.3) is 10.0 Å². The number of carbonyl (C=O) groups is 1. The van der Waals surface area contributed by atoms with Gasteiger partial charge in [-0.2, -0.15) is 0 Å². The van der Waals surface area contributed by atoms with E-state index >= 15 is 0 Å². The molecule has 1 fully saturated rings. The summed E-state index contributed by atoms with van der Waals surface area (Å²) >= 11 is 5.00. The van der Waals surface area contributed by atoms with Crippen LogP contribution in [-0.4, -0.2) is 29.8 Å². The lowest BCUT2D eigenvalue weighted by molar-refractivity contribution is -0.121. The highest BCUT2D eigenvalue weighted by molar-refractivity contribution is 7.91. The van der Waals surface area contributed by atoms with Gasteiger partial charge in [0.15, 0.2) is 5.11 Å². The number of aryl methyl sites for hydroxylation is 1. The molecule has 0 spiro atoms. The second-order valence-electron chi connectivity index (χ2n) is 5.10. The highest BCUT2D eigenvalue weighted by atomic mass is 32.2. The van der Waals surface area contributed by atoms with Crippen molar-refractivity contribution in [3.63, 3.8) is 0 Å². The van der Waals surface area contributed by atoms with Gasteiger partial charge in [-0.25, -0.2) is 12.7 Å². The molecular formula is C13H16N2O3S2. The first-order chi connectivity index (χ1) is 9.25. The smallest absolute Gasteiger partial charge is 0.266 e. The van der Waals surface area contributed by atoms with E-state index in [0.717, 1.165) is 9.87 Å². The third-order valence-corrected chi connectivity index (χ3v) is 5.37. The van der Waals surface area contributed by atoms with Gasteiger partial charge >= 0.3 is 0 Å². The molecule has 1 aliphatic heterocycles. The Bertz CT molecular complexity index is 651. The van der Waals surface area contributed by atoms with Crippen LogP contribution in [0.4, 0.5) is 0 Å². The van der Waals surface area contributed by atoms with Gasteiger partial charge in [-0.05, 0) is 37.2 Å². The first-order valence-electron chi connectivity index (χ1n) is 6.21. The van der Waals surface area contributed by atoms with E-state index < -0.39 is 16.1 Å². The molecule has 1 unspecified atom stereocenters. The normalized spacial score (nSPS) is 19.6. The highest BCUT2D eigenvalue weighted by Gasteiger charge is 2.45. The Morgan fingerprint density at radius 1 is 1.25 bits per heavy atom. The molecule has 0 bridgehead atoms. The Morgan fingerprint density at radius 2 is 1.80 bits per heavy atom. The topological polar surface area (TPSA) is 66.5 Å². The van der Waals surface area contributed by atoms with Crippen LogP contribution in [0.3, 0.4) is 0 Å². The number of carbonyl (C=O) groups excluding carboxylic acids is 1. The quantitative estimate of drug-likeness (QED) is 0.857. The van der Waals surface area contributed by atoms with Crippen LogP contribution >= 0.6 is 12.2 Å². The molecule has 1 aliphatic rings. The minimum Gasteiger partial charge on any atom is -0.300 e. The van der Waals surface area contributed by atoms with Gasteiger partial charge in [-0.3, -0.25) is 4.79 Å². The van der Waals surface area contributed by atoms with Crippen LogP contribution in [0.5, 0.6) is 0 Å². The lowest BCUT2D eigenvalue weighted by Gasteiger charge is -2.25. The van der Waals surface area contributed by atoms with E-state index in [4.69, 9.17) is 12.2 Å². The average Bonchev–Trinajstić information content (AvgIpc) is 2.65. The number of thiocarbonyl (C=S) groups is 1. The van der Waals surface area contributed by atoms with E-state index in [1.165, 1.54) is 12.1 Å². The van der Waals surface area contributed by atoms with Gasteiger partial charge < -0.3 is 5.32 Å². The molecule has 0 radical (unpaired) electrons. The molecule has 5 nitrogen and oxygen atoms in total. The lowest BCUT2D eigenvalue weighted by Crippen LogP contribution is -2.42. The van der Waals surface area contributed by atoms with Crippen molar-refractivity contribution in [1.82, 2.24) is 9.62 Å². The highest BCUT2D eigenvalue weighted by Crippen LogP contribution is 2.26. The number of nitrogens with one attached hydrogen (secondary N) is 1. The van der Waals surface area contributed by atoms with E-state index in [1.807, 2.05) is 6.92 Å². The molecule has 0 saturated carbocycles. The number of nitrogens with zero attached hydrogens (tertiary/aromatic N) is 1. The third-order valence-electron chi connectivity index (χ3n) is 3.16. The largest absolute Gasteiger partial charge is 0.300 e. The average molecular weight is 312 g/mol. The molecule has 0 aliphatic carbocycles. The third kappa shape index (κ3) is 2.43. The number of rotatable bonds is 3. The second-order valence-corrected chi connectivity index (χ2v) is 7.30. The SMILES string of the molecule is Cc1ccc(S(=O)(=O)N2C(=S)NC(=O)C2C(C)C)cc1. The van der Waals surface area contributed by atoms with Crippen LogP contribution in [-0.2, 0) is 14.8 Å². The van der Waals surface area contributed by atoms with Crippen LogP contribution in [0, 0.1) is 12.8 Å². The second kappa shape index (κ2) is 5.14. The summed E-state index contributed by atoms with van der Waals surface area (Å²) in [5.41, 5.74) is 0.961. The van der Waals surface area contributed by atoms with Crippen LogP contribution < -0.4 is 5.32 Å². The first-order valence-corrected chi connectivity index (χ1v) is 8.06. The Balaban J connectivity index is 2.49. The van der Waals surface area contributed by atoms with Crippen LogP contribution in [0.1, 0.15) is 19.4 Å². The number of amides is 1. The molecular weight excluding hydrogens is 296 g/mol. The molecule has 1 aromatic rings. The summed E-state index contributed by atoms with van der Waals surface area (Å²) in [7, 11) is -3.82. The summed E-state index contributed by atoms with van der Waals surface area (Å²) in [4.78, 5) is 12.0. The van der Waals surface area contributed by atoms with E-state index in [1.54, 1.807) is 26.0 Å². The number of hydrogen-bond donors (Lipinski definition) is 1. The molecule has 7 heteroatoms. The molecule has 0 aromatic heterocycles. The molecule has 2 rings (SSSR count). The zero-order chi connectivity index (χ0) is 15.1. The van der Waals surface area contributed by atoms with Crippen molar-refractivity contribution in [2.75, 3.05) is 0 Å². The fourth-order valence-corrected chi connectivity index (χ4v) is 4.24. The summed E-state index contributed by atoms with van der Waals surface area (Å²) in [6.07, 6.45) is 0. The van der Waals surface area contributed by atoms with Crippen molar-refractivity contribution in [3.05, 3.63) is 29.8 Å². The molecule has 1 atom stereocenters. The molecule has 1 saturated heterocycles. The zero-order valence-corrected chi connectivity index (χ0v) is 13.1. The Kier molecular flexibility index (Phi) is 3.84. The molecule has 1 heterocycles. The Morgan fingerprint density at radius 3 is 2.30 bits per heavy atom. The van der Waals surface area contributed by atoms with E-state index in [9.17, 15) is 13.2 Å². The van der Waals surface area contributed by atoms with Gasteiger partial charge in [-0.15, -0.1) is 0 Å². The fourth-order valence-electron chi connectivity index (χ4n) is 2.12. The molecule has 1 N–H and O–H groups in total. The fraction of sp³-hybridized carbons (Fsp3) is 0.385. The van der Waals surface area contributed by atoms with Crippen molar-refractivity contribution in [3.8, 4) is 0 Å². The predicted molar refractivity (Wildman–Crippen MR) is 79.6 cm³/mol. The summed E-state index contributed by atoms with van der Waals surface area (Å²) in [6, 6.07) is 5.67.